The molecule has 1 atom stereocenters. The number of ether oxygens (including phenoxy) is 1. The molecule has 1 N–H and O–H groups in total. The number of methoxy groups -OCH3 is 1. The SMILES string of the molecule is COc1ccc(C)cc1CCC(C)CNC(C)(C)C. The highest BCUT2D eigenvalue weighted by atomic mass is 16.5. The molecule has 0 aliphatic rings. The third-order valence-electron chi connectivity index (χ3n) is 3.32. The first-order valence-electron chi connectivity index (χ1n) is 7.20. The number of hydrogen-bond acceptors (Lipinski definition) is 2. The normalized spacial score (nSPS) is 13.4. The Labute approximate surface area is 118 Å². The van der Waals surface area contributed by atoms with Crippen molar-refractivity contribution in [3.05, 3.63) is 29.3 Å². The van der Waals surface area contributed by atoms with Gasteiger partial charge >= 0.3 is 0 Å². The Kier molecular flexibility index (Phi) is 5.86. The molecule has 2 heteroatoms. The molecule has 1 rings (SSSR count). The molecule has 0 aliphatic carbocycles. The van der Waals surface area contributed by atoms with Gasteiger partial charge in [-0.15, -0.1) is 0 Å². The van der Waals surface area contributed by atoms with Crippen LogP contribution >= 0.6 is 0 Å². The smallest absolute Gasteiger partial charge is 0.122 e. The molecular weight excluding hydrogens is 234 g/mol. The highest BCUT2D eigenvalue weighted by Gasteiger charge is 2.12. The Morgan fingerprint density at radius 3 is 2.53 bits per heavy atom. The van der Waals surface area contributed by atoms with Crippen LogP contribution in [0.1, 0.15) is 45.2 Å². The summed E-state index contributed by atoms with van der Waals surface area (Å²) in [5.74, 6) is 1.69. The maximum absolute atomic E-state index is 5.43. The minimum Gasteiger partial charge on any atom is -0.496 e. The van der Waals surface area contributed by atoms with Gasteiger partial charge in [0.25, 0.3) is 0 Å². The van der Waals surface area contributed by atoms with Gasteiger partial charge in [0.05, 0.1) is 7.11 Å². The van der Waals surface area contributed by atoms with Crippen LogP contribution in [0, 0.1) is 12.8 Å². The molecule has 0 saturated heterocycles. The van der Waals surface area contributed by atoms with Crippen molar-refractivity contribution in [2.24, 2.45) is 5.92 Å². The number of hydrogen-bond donors (Lipinski definition) is 1. The fourth-order valence-electron chi connectivity index (χ4n) is 2.09. The van der Waals surface area contributed by atoms with Crippen LogP contribution in [0.25, 0.3) is 0 Å². The molecule has 0 amide bonds. The van der Waals surface area contributed by atoms with Gasteiger partial charge in [-0.2, -0.15) is 0 Å². The summed E-state index contributed by atoms with van der Waals surface area (Å²) in [7, 11) is 1.75. The van der Waals surface area contributed by atoms with Gasteiger partial charge in [-0.1, -0.05) is 24.6 Å². The topological polar surface area (TPSA) is 21.3 Å². The summed E-state index contributed by atoms with van der Waals surface area (Å²) in [4.78, 5) is 0. The van der Waals surface area contributed by atoms with Gasteiger partial charge in [0.15, 0.2) is 0 Å². The molecule has 1 unspecified atom stereocenters. The summed E-state index contributed by atoms with van der Waals surface area (Å²) in [6, 6.07) is 6.42. The predicted molar refractivity (Wildman–Crippen MR) is 83.0 cm³/mol. The van der Waals surface area contributed by atoms with Gasteiger partial charge < -0.3 is 10.1 Å². The van der Waals surface area contributed by atoms with Gasteiger partial charge in [-0.05, 0) is 64.6 Å². The lowest BCUT2D eigenvalue weighted by molar-refractivity contribution is 0.369. The molecule has 108 valence electrons. The summed E-state index contributed by atoms with van der Waals surface area (Å²) in [5.41, 5.74) is 2.83. The van der Waals surface area contributed by atoms with Gasteiger partial charge in [0.2, 0.25) is 0 Å². The first kappa shape index (κ1) is 16.0. The zero-order valence-corrected chi connectivity index (χ0v) is 13.3. The summed E-state index contributed by atoms with van der Waals surface area (Å²) in [6.07, 6.45) is 2.26. The molecule has 0 bridgehead atoms. The Bertz CT molecular complexity index is 393. The number of aryl methyl sites for hydroxylation is 2. The van der Waals surface area contributed by atoms with Gasteiger partial charge in [-0.25, -0.2) is 0 Å². The van der Waals surface area contributed by atoms with Crippen molar-refractivity contribution in [1.82, 2.24) is 5.32 Å². The van der Waals surface area contributed by atoms with Crippen molar-refractivity contribution in [3.8, 4) is 5.75 Å². The van der Waals surface area contributed by atoms with Crippen molar-refractivity contribution in [1.29, 1.82) is 0 Å². The van der Waals surface area contributed by atoms with Crippen LogP contribution in [-0.2, 0) is 6.42 Å². The Balaban J connectivity index is 2.50. The molecule has 0 aliphatic heterocycles. The first-order valence-corrected chi connectivity index (χ1v) is 7.20. The molecule has 0 saturated carbocycles. The van der Waals surface area contributed by atoms with E-state index in [4.69, 9.17) is 4.74 Å². The van der Waals surface area contributed by atoms with Crippen molar-refractivity contribution >= 4 is 0 Å². The molecule has 0 aromatic heterocycles. The van der Waals surface area contributed by atoms with Crippen LogP contribution in [0.15, 0.2) is 18.2 Å². The summed E-state index contributed by atoms with van der Waals surface area (Å²) in [6.45, 7) is 12.1. The molecule has 0 fully saturated rings. The maximum atomic E-state index is 5.43. The lowest BCUT2D eigenvalue weighted by atomic mass is 9.98. The second kappa shape index (κ2) is 6.95. The molecule has 0 heterocycles. The molecule has 0 spiro atoms. The fourth-order valence-corrected chi connectivity index (χ4v) is 2.09. The van der Waals surface area contributed by atoms with E-state index in [2.05, 4.69) is 58.1 Å². The van der Waals surface area contributed by atoms with E-state index in [0.717, 1.165) is 18.7 Å². The largest absolute Gasteiger partial charge is 0.496 e. The van der Waals surface area contributed by atoms with E-state index in [0.29, 0.717) is 5.92 Å². The van der Waals surface area contributed by atoms with Gasteiger partial charge in [0.1, 0.15) is 5.75 Å². The summed E-state index contributed by atoms with van der Waals surface area (Å²) >= 11 is 0. The lowest BCUT2D eigenvalue weighted by Gasteiger charge is -2.23. The number of rotatable bonds is 6. The van der Waals surface area contributed by atoms with Crippen molar-refractivity contribution in [2.45, 2.75) is 53.0 Å². The van der Waals surface area contributed by atoms with Crippen LogP contribution in [0.2, 0.25) is 0 Å². The van der Waals surface area contributed by atoms with Crippen molar-refractivity contribution in [2.75, 3.05) is 13.7 Å². The molecular formula is C17H29NO. The second-order valence-electron chi connectivity index (χ2n) is 6.59. The van der Waals surface area contributed by atoms with Crippen LogP contribution < -0.4 is 10.1 Å². The zero-order chi connectivity index (χ0) is 14.5. The van der Waals surface area contributed by atoms with E-state index in [1.165, 1.54) is 17.5 Å². The van der Waals surface area contributed by atoms with Crippen molar-refractivity contribution < 1.29 is 4.74 Å². The predicted octanol–water partition coefficient (Wildman–Crippen LogP) is 3.96. The number of nitrogens with one attached hydrogen (secondary N) is 1. The minimum absolute atomic E-state index is 0.204. The van der Waals surface area contributed by atoms with E-state index >= 15 is 0 Å². The highest BCUT2D eigenvalue weighted by molar-refractivity contribution is 5.36. The minimum atomic E-state index is 0.204. The molecule has 19 heavy (non-hydrogen) atoms. The molecule has 2 nitrogen and oxygen atoms in total. The number of benzene rings is 1. The monoisotopic (exact) mass is 263 g/mol. The van der Waals surface area contributed by atoms with Crippen LogP contribution in [0.3, 0.4) is 0 Å². The van der Waals surface area contributed by atoms with E-state index < -0.39 is 0 Å². The van der Waals surface area contributed by atoms with Crippen LogP contribution in [0.5, 0.6) is 5.75 Å². The third-order valence-corrected chi connectivity index (χ3v) is 3.32. The average Bonchev–Trinajstić information content (AvgIpc) is 2.33. The Morgan fingerprint density at radius 1 is 1.26 bits per heavy atom. The van der Waals surface area contributed by atoms with E-state index in [-0.39, 0.29) is 5.54 Å². The standard InChI is InChI=1S/C17H29NO/c1-13-8-10-16(19-6)15(11-13)9-7-14(2)12-18-17(3,4)5/h8,10-11,14,18H,7,9,12H2,1-6H3. The first-order chi connectivity index (χ1) is 8.81. The summed E-state index contributed by atoms with van der Waals surface area (Å²) < 4.78 is 5.43. The fraction of sp³-hybridized carbons (Fsp3) is 0.647. The molecule has 1 aromatic carbocycles. The summed E-state index contributed by atoms with van der Waals surface area (Å²) in [5, 5.41) is 3.57. The van der Waals surface area contributed by atoms with Crippen molar-refractivity contribution in [3.63, 3.8) is 0 Å². The van der Waals surface area contributed by atoms with E-state index in [1.807, 2.05) is 0 Å². The quantitative estimate of drug-likeness (QED) is 0.839. The Hall–Kier alpha value is -1.02. The highest BCUT2D eigenvalue weighted by Crippen LogP contribution is 2.22. The molecule has 1 aromatic rings. The van der Waals surface area contributed by atoms with Crippen LogP contribution in [-0.4, -0.2) is 19.2 Å². The van der Waals surface area contributed by atoms with Gasteiger partial charge in [0, 0.05) is 5.54 Å². The van der Waals surface area contributed by atoms with E-state index in [9.17, 15) is 0 Å². The molecule has 0 radical (unpaired) electrons. The average molecular weight is 263 g/mol. The van der Waals surface area contributed by atoms with E-state index in [1.54, 1.807) is 7.11 Å². The second-order valence-corrected chi connectivity index (χ2v) is 6.59. The third kappa shape index (κ3) is 6.11. The van der Waals surface area contributed by atoms with Crippen LogP contribution in [0.4, 0.5) is 0 Å². The lowest BCUT2D eigenvalue weighted by Crippen LogP contribution is -2.38. The Morgan fingerprint density at radius 2 is 1.95 bits per heavy atom. The maximum Gasteiger partial charge on any atom is 0.122 e. The zero-order valence-electron chi connectivity index (χ0n) is 13.3. The van der Waals surface area contributed by atoms with Gasteiger partial charge in [-0.3, -0.25) is 0 Å².